The van der Waals surface area contributed by atoms with E-state index in [2.05, 4.69) is 52.0 Å². The van der Waals surface area contributed by atoms with Crippen molar-refractivity contribution < 1.29 is 4.79 Å². The molecule has 1 saturated carbocycles. The number of carbonyl (C=O) groups is 1. The molecule has 3 rings (SSSR count). The maximum atomic E-state index is 12.7. The van der Waals surface area contributed by atoms with Gasteiger partial charge in [0, 0.05) is 29.5 Å². The van der Waals surface area contributed by atoms with Gasteiger partial charge in [-0.15, -0.1) is 0 Å². The standard InChI is InChI=1S/C17H23BrN2O/c1-11(19)13-3-2-8-20(10-13)17(21)16-9-15(16)12-4-6-14(18)7-5-12/h4-7,11,13,15-16H,2-3,8-10,19H2,1H3/t11-,13+,15-,16-/m0/s1. The lowest BCUT2D eigenvalue weighted by atomic mass is 9.92. The third-order valence-electron chi connectivity index (χ3n) is 4.92. The quantitative estimate of drug-likeness (QED) is 0.909. The van der Waals surface area contributed by atoms with Gasteiger partial charge in [-0.2, -0.15) is 0 Å². The Kier molecular flexibility index (Phi) is 4.36. The molecule has 0 aromatic heterocycles. The van der Waals surface area contributed by atoms with Crippen LogP contribution in [0.3, 0.4) is 0 Å². The highest BCUT2D eigenvalue weighted by atomic mass is 79.9. The molecule has 0 spiro atoms. The highest BCUT2D eigenvalue weighted by Crippen LogP contribution is 2.49. The summed E-state index contributed by atoms with van der Waals surface area (Å²) < 4.78 is 1.09. The number of rotatable bonds is 3. The zero-order valence-electron chi connectivity index (χ0n) is 12.5. The van der Waals surface area contributed by atoms with Gasteiger partial charge in [0.2, 0.25) is 5.91 Å². The van der Waals surface area contributed by atoms with Gasteiger partial charge >= 0.3 is 0 Å². The highest BCUT2D eigenvalue weighted by Gasteiger charge is 2.46. The molecule has 0 radical (unpaired) electrons. The number of benzene rings is 1. The number of halogens is 1. The van der Waals surface area contributed by atoms with Gasteiger partial charge in [0.1, 0.15) is 0 Å². The second-order valence-electron chi connectivity index (χ2n) is 6.55. The fourth-order valence-electron chi connectivity index (χ4n) is 3.42. The third-order valence-corrected chi connectivity index (χ3v) is 5.45. The number of hydrogen-bond donors (Lipinski definition) is 1. The van der Waals surface area contributed by atoms with Crippen LogP contribution in [-0.2, 0) is 4.79 Å². The molecule has 2 fully saturated rings. The van der Waals surface area contributed by atoms with E-state index in [1.807, 2.05) is 0 Å². The minimum absolute atomic E-state index is 0.182. The fourth-order valence-corrected chi connectivity index (χ4v) is 3.68. The van der Waals surface area contributed by atoms with Crippen molar-refractivity contribution in [1.82, 2.24) is 4.90 Å². The largest absolute Gasteiger partial charge is 0.342 e. The zero-order chi connectivity index (χ0) is 15.0. The van der Waals surface area contributed by atoms with Crippen LogP contribution in [0.1, 0.15) is 37.7 Å². The minimum atomic E-state index is 0.182. The molecule has 1 saturated heterocycles. The highest BCUT2D eigenvalue weighted by molar-refractivity contribution is 9.10. The number of carbonyl (C=O) groups excluding carboxylic acids is 1. The van der Waals surface area contributed by atoms with Gasteiger partial charge in [-0.25, -0.2) is 0 Å². The van der Waals surface area contributed by atoms with Gasteiger partial charge in [-0.3, -0.25) is 4.79 Å². The number of amides is 1. The lowest BCUT2D eigenvalue weighted by Crippen LogP contribution is -2.45. The number of nitrogens with two attached hydrogens (primary N) is 1. The molecule has 1 aliphatic heterocycles. The first kappa shape index (κ1) is 15.0. The first-order valence-corrected chi connectivity index (χ1v) is 8.65. The molecular weight excluding hydrogens is 328 g/mol. The van der Waals surface area contributed by atoms with E-state index in [1.54, 1.807) is 0 Å². The average Bonchev–Trinajstić information content (AvgIpc) is 3.28. The molecule has 4 heteroatoms. The van der Waals surface area contributed by atoms with Crippen molar-refractivity contribution in [2.45, 2.75) is 38.1 Å². The Morgan fingerprint density at radius 3 is 2.76 bits per heavy atom. The van der Waals surface area contributed by atoms with E-state index >= 15 is 0 Å². The summed E-state index contributed by atoms with van der Waals surface area (Å²) in [4.78, 5) is 14.7. The predicted molar refractivity (Wildman–Crippen MR) is 87.9 cm³/mol. The Morgan fingerprint density at radius 2 is 2.10 bits per heavy atom. The Labute approximate surface area is 135 Å². The molecule has 1 aromatic rings. The van der Waals surface area contributed by atoms with Crippen molar-refractivity contribution in [1.29, 1.82) is 0 Å². The van der Waals surface area contributed by atoms with E-state index in [4.69, 9.17) is 5.73 Å². The van der Waals surface area contributed by atoms with Crippen LogP contribution in [0.4, 0.5) is 0 Å². The van der Waals surface area contributed by atoms with Crippen LogP contribution >= 0.6 is 15.9 Å². The van der Waals surface area contributed by atoms with Crippen molar-refractivity contribution in [2.24, 2.45) is 17.6 Å². The van der Waals surface area contributed by atoms with Crippen molar-refractivity contribution in [2.75, 3.05) is 13.1 Å². The van der Waals surface area contributed by atoms with Gasteiger partial charge in [0.05, 0.1) is 0 Å². The van der Waals surface area contributed by atoms with Crippen LogP contribution in [0.15, 0.2) is 28.7 Å². The van der Waals surface area contributed by atoms with Gasteiger partial charge in [-0.05, 0) is 55.7 Å². The first-order valence-electron chi connectivity index (χ1n) is 7.86. The first-order chi connectivity index (χ1) is 10.1. The number of hydrogen-bond acceptors (Lipinski definition) is 2. The number of likely N-dealkylation sites (tertiary alicyclic amines) is 1. The van der Waals surface area contributed by atoms with Crippen LogP contribution < -0.4 is 5.73 Å². The van der Waals surface area contributed by atoms with E-state index in [0.717, 1.165) is 36.8 Å². The lowest BCUT2D eigenvalue weighted by Gasteiger charge is -2.34. The second-order valence-corrected chi connectivity index (χ2v) is 7.46. The van der Waals surface area contributed by atoms with E-state index < -0.39 is 0 Å². The van der Waals surface area contributed by atoms with Crippen molar-refractivity contribution in [3.05, 3.63) is 34.3 Å². The van der Waals surface area contributed by atoms with E-state index in [0.29, 0.717) is 17.7 Å². The molecular formula is C17H23BrN2O. The third kappa shape index (κ3) is 3.32. The normalized spacial score (nSPS) is 30.0. The average molecular weight is 351 g/mol. The molecule has 4 atom stereocenters. The summed E-state index contributed by atoms with van der Waals surface area (Å²) in [5, 5.41) is 0. The molecule has 2 N–H and O–H groups in total. The number of nitrogens with zero attached hydrogens (tertiary/aromatic N) is 1. The molecule has 1 heterocycles. The monoisotopic (exact) mass is 350 g/mol. The summed E-state index contributed by atoms with van der Waals surface area (Å²) in [5.41, 5.74) is 7.30. The van der Waals surface area contributed by atoms with Crippen molar-refractivity contribution in [3.8, 4) is 0 Å². The Bertz CT molecular complexity index is 514. The SMILES string of the molecule is C[C@H](N)[C@@H]1CCCN(C(=O)[C@H]2C[C@H]2c2ccc(Br)cc2)C1. The smallest absolute Gasteiger partial charge is 0.226 e. The fraction of sp³-hybridized carbons (Fsp3) is 0.588. The summed E-state index contributed by atoms with van der Waals surface area (Å²) in [6, 6.07) is 8.55. The van der Waals surface area contributed by atoms with Gasteiger partial charge in [-0.1, -0.05) is 28.1 Å². The molecule has 1 aliphatic carbocycles. The summed E-state index contributed by atoms with van der Waals surface area (Å²) in [5.74, 6) is 1.42. The number of piperidine rings is 1. The molecule has 0 bridgehead atoms. The summed E-state index contributed by atoms with van der Waals surface area (Å²) >= 11 is 3.45. The summed E-state index contributed by atoms with van der Waals surface area (Å²) in [6.45, 7) is 3.81. The molecule has 21 heavy (non-hydrogen) atoms. The molecule has 1 aromatic carbocycles. The van der Waals surface area contributed by atoms with E-state index in [-0.39, 0.29) is 12.0 Å². The molecule has 0 unspecified atom stereocenters. The van der Waals surface area contributed by atoms with E-state index in [1.165, 1.54) is 5.56 Å². The zero-order valence-corrected chi connectivity index (χ0v) is 14.1. The molecule has 3 nitrogen and oxygen atoms in total. The van der Waals surface area contributed by atoms with Crippen molar-refractivity contribution in [3.63, 3.8) is 0 Å². The van der Waals surface area contributed by atoms with Crippen LogP contribution in [-0.4, -0.2) is 29.9 Å². The minimum Gasteiger partial charge on any atom is -0.342 e. The predicted octanol–water partition coefficient (Wildman–Crippen LogP) is 3.14. The van der Waals surface area contributed by atoms with Crippen LogP contribution in [0.5, 0.6) is 0 Å². The Morgan fingerprint density at radius 1 is 1.38 bits per heavy atom. The molecule has 2 aliphatic rings. The maximum Gasteiger partial charge on any atom is 0.226 e. The Hall–Kier alpha value is -0.870. The van der Waals surface area contributed by atoms with Crippen LogP contribution in [0, 0.1) is 11.8 Å². The van der Waals surface area contributed by atoms with Gasteiger partial charge in [0.25, 0.3) is 0 Å². The van der Waals surface area contributed by atoms with Gasteiger partial charge < -0.3 is 10.6 Å². The van der Waals surface area contributed by atoms with Crippen LogP contribution in [0.25, 0.3) is 0 Å². The van der Waals surface area contributed by atoms with Crippen LogP contribution in [0.2, 0.25) is 0 Å². The topological polar surface area (TPSA) is 46.3 Å². The Balaban J connectivity index is 1.61. The summed E-state index contributed by atoms with van der Waals surface area (Å²) in [6.07, 6.45) is 3.25. The lowest BCUT2D eigenvalue weighted by molar-refractivity contribution is -0.134. The van der Waals surface area contributed by atoms with Crippen molar-refractivity contribution >= 4 is 21.8 Å². The van der Waals surface area contributed by atoms with E-state index in [9.17, 15) is 4.79 Å². The second kappa shape index (κ2) is 6.09. The molecule has 114 valence electrons. The maximum absolute atomic E-state index is 12.7. The van der Waals surface area contributed by atoms with Gasteiger partial charge in [0.15, 0.2) is 0 Å². The molecule has 1 amide bonds. The summed E-state index contributed by atoms with van der Waals surface area (Å²) in [7, 11) is 0.